The van der Waals surface area contributed by atoms with Gasteiger partial charge in [0.15, 0.2) is 5.96 Å². The highest BCUT2D eigenvalue weighted by Gasteiger charge is 2.06. The quantitative estimate of drug-likeness (QED) is 0.339. The largest absolute Gasteiger partial charge is 0.492 e. The molecule has 0 atom stereocenters. The van der Waals surface area contributed by atoms with Gasteiger partial charge in [-0.15, -0.1) is 35.3 Å². The van der Waals surface area contributed by atoms with Crippen LogP contribution in [-0.2, 0) is 13.1 Å². The molecule has 0 amide bonds. The van der Waals surface area contributed by atoms with E-state index in [0.29, 0.717) is 19.7 Å². The first-order chi connectivity index (χ1) is 12.1. The first kappa shape index (κ1) is 22.7. The Morgan fingerprint density at radius 1 is 1.23 bits per heavy atom. The van der Waals surface area contributed by atoms with E-state index in [1.165, 1.54) is 4.88 Å². The molecule has 6 nitrogen and oxygen atoms in total. The molecule has 2 rings (SSSR count). The van der Waals surface area contributed by atoms with Crippen molar-refractivity contribution in [1.29, 1.82) is 0 Å². The number of hydrogen-bond acceptors (Lipinski definition) is 5. The number of nitrogens with zero attached hydrogens (tertiary/aromatic N) is 3. The lowest BCUT2D eigenvalue weighted by Crippen LogP contribution is -2.36. The van der Waals surface area contributed by atoms with Crippen LogP contribution in [0.2, 0.25) is 0 Å². The van der Waals surface area contributed by atoms with Gasteiger partial charge in [0.1, 0.15) is 17.4 Å². The number of aliphatic imine (C=N–C) groups is 1. The summed E-state index contributed by atoms with van der Waals surface area (Å²) < 4.78 is 5.90. The lowest BCUT2D eigenvalue weighted by atomic mass is 10.2. The lowest BCUT2D eigenvalue weighted by Gasteiger charge is -2.15. The standard InChI is InChI=1S/C18H27N5OS.HI/c1-14-11-20-17(25-14)13-22-18(19-2)21-12-15-7-5-6-8-16(15)24-10-9-23(3)4;/h5-8,11H,9-10,12-13H2,1-4H3,(H2,19,21,22);1H. The number of para-hydroxylation sites is 1. The number of benzene rings is 1. The van der Waals surface area contributed by atoms with Crippen LogP contribution < -0.4 is 15.4 Å². The van der Waals surface area contributed by atoms with Gasteiger partial charge in [-0.25, -0.2) is 4.98 Å². The summed E-state index contributed by atoms with van der Waals surface area (Å²) in [6.45, 7) is 4.92. The third kappa shape index (κ3) is 7.88. The molecular formula is C18H28IN5OS. The number of likely N-dealkylation sites (N-methyl/N-ethyl adjacent to an activating group) is 1. The monoisotopic (exact) mass is 489 g/mol. The summed E-state index contributed by atoms with van der Waals surface area (Å²) >= 11 is 1.69. The maximum Gasteiger partial charge on any atom is 0.191 e. The van der Waals surface area contributed by atoms with Gasteiger partial charge in [-0.3, -0.25) is 4.99 Å². The average molecular weight is 489 g/mol. The summed E-state index contributed by atoms with van der Waals surface area (Å²) in [6, 6.07) is 8.08. The molecule has 1 aromatic carbocycles. The van der Waals surface area contributed by atoms with Crippen molar-refractivity contribution in [2.24, 2.45) is 4.99 Å². The van der Waals surface area contributed by atoms with Crippen molar-refractivity contribution in [1.82, 2.24) is 20.5 Å². The van der Waals surface area contributed by atoms with E-state index in [9.17, 15) is 0 Å². The van der Waals surface area contributed by atoms with Crippen LogP contribution in [0.3, 0.4) is 0 Å². The summed E-state index contributed by atoms with van der Waals surface area (Å²) in [7, 11) is 5.84. The second-order valence-electron chi connectivity index (χ2n) is 5.90. The van der Waals surface area contributed by atoms with Crippen LogP contribution in [0.1, 0.15) is 15.4 Å². The molecule has 0 aliphatic rings. The Kier molecular flexibility index (Phi) is 10.5. The predicted molar refractivity (Wildman–Crippen MR) is 120 cm³/mol. The molecule has 0 aliphatic heterocycles. The number of aryl methyl sites for hydroxylation is 1. The smallest absolute Gasteiger partial charge is 0.191 e. The Balaban J connectivity index is 0.00000338. The van der Waals surface area contributed by atoms with Crippen LogP contribution in [0, 0.1) is 6.92 Å². The highest BCUT2D eigenvalue weighted by Crippen LogP contribution is 2.17. The molecule has 1 heterocycles. The molecule has 2 N–H and O–H groups in total. The fourth-order valence-corrected chi connectivity index (χ4v) is 2.90. The Morgan fingerprint density at radius 2 is 1.96 bits per heavy atom. The van der Waals surface area contributed by atoms with Gasteiger partial charge in [-0.2, -0.15) is 0 Å². The number of ether oxygens (including phenoxy) is 1. The summed E-state index contributed by atoms with van der Waals surface area (Å²) in [5.41, 5.74) is 1.11. The third-order valence-electron chi connectivity index (χ3n) is 3.51. The van der Waals surface area contributed by atoms with Crippen molar-refractivity contribution in [2.75, 3.05) is 34.3 Å². The van der Waals surface area contributed by atoms with Gasteiger partial charge in [0.25, 0.3) is 0 Å². The van der Waals surface area contributed by atoms with E-state index in [2.05, 4.69) is 38.5 Å². The van der Waals surface area contributed by atoms with Gasteiger partial charge in [-0.05, 0) is 27.1 Å². The van der Waals surface area contributed by atoms with Crippen molar-refractivity contribution in [2.45, 2.75) is 20.0 Å². The van der Waals surface area contributed by atoms with Crippen LogP contribution in [0.4, 0.5) is 0 Å². The predicted octanol–water partition coefficient (Wildman–Crippen LogP) is 2.88. The number of rotatable bonds is 8. The molecular weight excluding hydrogens is 461 g/mol. The first-order valence-corrected chi connectivity index (χ1v) is 9.11. The molecule has 0 spiro atoms. The molecule has 0 aliphatic carbocycles. The summed E-state index contributed by atoms with van der Waals surface area (Å²) in [5, 5.41) is 7.66. The molecule has 8 heteroatoms. The molecule has 0 saturated heterocycles. The zero-order chi connectivity index (χ0) is 18.1. The van der Waals surface area contributed by atoms with Crippen LogP contribution >= 0.6 is 35.3 Å². The third-order valence-corrected chi connectivity index (χ3v) is 4.43. The van der Waals surface area contributed by atoms with Crippen molar-refractivity contribution in [3.8, 4) is 5.75 Å². The molecule has 0 bridgehead atoms. The Morgan fingerprint density at radius 3 is 2.62 bits per heavy atom. The first-order valence-electron chi connectivity index (χ1n) is 8.29. The van der Waals surface area contributed by atoms with E-state index in [-0.39, 0.29) is 24.0 Å². The highest BCUT2D eigenvalue weighted by atomic mass is 127. The van der Waals surface area contributed by atoms with Crippen molar-refractivity contribution in [3.63, 3.8) is 0 Å². The Hall–Kier alpha value is -1.39. The molecule has 1 aromatic heterocycles. The van der Waals surface area contributed by atoms with Gasteiger partial charge in [0.2, 0.25) is 0 Å². The molecule has 0 unspecified atom stereocenters. The van der Waals surface area contributed by atoms with Gasteiger partial charge >= 0.3 is 0 Å². The summed E-state index contributed by atoms with van der Waals surface area (Å²) in [4.78, 5) is 11.9. The molecule has 0 fully saturated rings. The topological polar surface area (TPSA) is 61.8 Å². The highest BCUT2D eigenvalue weighted by molar-refractivity contribution is 14.0. The van der Waals surface area contributed by atoms with Crippen molar-refractivity contribution in [3.05, 3.63) is 45.9 Å². The summed E-state index contributed by atoms with van der Waals surface area (Å²) in [5.74, 6) is 1.65. The molecule has 26 heavy (non-hydrogen) atoms. The Labute approximate surface area is 177 Å². The van der Waals surface area contributed by atoms with Crippen LogP contribution in [0.5, 0.6) is 5.75 Å². The van der Waals surface area contributed by atoms with E-state index in [1.54, 1.807) is 18.4 Å². The number of thiazole rings is 1. The summed E-state index contributed by atoms with van der Waals surface area (Å²) in [6.07, 6.45) is 1.89. The van der Waals surface area contributed by atoms with Crippen LogP contribution in [-0.4, -0.2) is 50.1 Å². The van der Waals surface area contributed by atoms with Crippen molar-refractivity contribution < 1.29 is 4.74 Å². The van der Waals surface area contributed by atoms with Crippen LogP contribution in [0.15, 0.2) is 35.5 Å². The van der Waals surface area contributed by atoms with Gasteiger partial charge in [0, 0.05) is 36.8 Å². The number of aromatic nitrogens is 1. The normalized spacial score (nSPS) is 11.2. The zero-order valence-electron chi connectivity index (χ0n) is 15.8. The number of guanidine groups is 1. The maximum absolute atomic E-state index is 5.90. The van der Waals surface area contributed by atoms with E-state index >= 15 is 0 Å². The van der Waals surface area contributed by atoms with Crippen molar-refractivity contribution >= 4 is 41.3 Å². The number of halogens is 1. The lowest BCUT2D eigenvalue weighted by molar-refractivity contribution is 0.259. The van der Waals surface area contributed by atoms with Gasteiger partial charge in [-0.1, -0.05) is 18.2 Å². The fraction of sp³-hybridized carbons (Fsp3) is 0.444. The zero-order valence-corrected chi connectivity index (χ0v) is 18.9. The minimum Gasteiger partial charge on any atom is -0.492 e. The number of hydrogen-bond donors (Lipinski definition) is 2. The van der Waals surface area contributed by atoms with Gasteiger partial charge in [0.05, 0.1) is 6.54 Å². The minimum atomic E-state index is 0. The molecule has 144 valence electrons. The molecule has 0 saturated carbocycles. The van der Waals surface area contributed by atoms with E-state index in [0.717, 1.165) is 28.8 Å². The van der Waals surface area contributed by atoms with E-state index in [1.807, 2.05) is 38.5 Å². The second kappa shape index (κ2) is 12.1. The van der Waals surface area contributed by atoms with E-state index < -0.39 is 0 Å². The minimum absolute atomic E-state index is 0. The average Bonchev–Trinajstić information content (AvgIpc) is 3.01. The molecule has 0 radical (unpaired) electrons. The second-order valence-corrected chi connectivity index (χ2v) is 7.22. The molecule has 2 aromatic rings. The van der Waals surface area contributed by atoms with Gasteiger partial charge < -0.3 is 20.3 Å². The van der Waals surface area contributed by atoms with Crippen LogP contribution in [0.25, 0.3) is 0 Å². The fourth-order valence-electron chi connectivity index (χ4n) is 2.17. The maximum atomic E-state index is 5.90. The van der Waals surface area contributed by atoms with E-state index in [4.69, 9.17) is 4.74 Å². The SMILES string of the molecule is CN=C(NCc1ncc(C)s1)NCc1ccccc1OCCN(C)C.I. The Bertz CT molecular complexity index is 690. The number of nitrogens with one attached hydrogen (secondary N) is 2.